The Labute approximate surface area is 99.3 Å². The van der Waals surface area contributed by atoms with Gasteiger partial charge in [-0.1, -0.05) is 13.3 Å². The van der Waals surface area contributed by atoms with Crippen molar-refractivity contribution in [2.45, 2.75) is 45.1 Å². The molecule has 2 N–H and O–H groups in total. The summed E-state index contributed by atoms with van der Waals surface area (Å²) in [6, 6.07) is 0.706. The molecule has 2 aliphatic rings. The molecule has 2 fully saturated rings. The smallest absolute Gasteiger partial charge is 0.0471 e. The Morgan fingerprint density at radius 3 is 2.81 bits per heavy atom. The Morgan fingerprint density at radius 2 is 2.12 bits per heavy atom. The lowest BCUT2D eigenvalue weighted by atomic mass is 9.82. The van der Waals surface area contributed by atoms with Gasteiger partial charge in [-0.2, -0.15) is 0 Å². The van der Waals surface area contributed by atoms with Gasteiger partial charge in [-0.05, 0) is 37.6 Å². The lowest BCUT2D eigenvalue weighted by molar-refractivity contribution is 0.0239. The van der Waals surface area contributed by atoms with Crippen LogP contribution in [0, 0.1) is 5.41 Å². The number of nitrogens with one attached hydrogen (secondary N) is 2. The number of hydrogen-bond donors (Lipinski definition) is 2. The lowest BCUT2D eigenvalue weighted by Gasteiger charge is -2.34. The topological polar surface area (TPSA) is 33.3 Å². The Kier molecular flexibility index (Phi) is 4.62. The zero-order chi connectivity index (χ0) is 11.3. The van der Waals surface area contributed by atoms with Crippen LogP contribution >= 0.6 is 0 Å². The van der Waals surface area contributed by atoms with Crippen LogP contribution in [-0.2, 0) is 4.74 Å². The molecule has 0 spiro atoms. The molecule has 0 amide bonds. The van der Waals surface area contributed by atoms with E-state index in [1.807, 2.05) is 0 Å². The Hall–Kier alpha value is -0.120. The van der Waals surface area contributed by atoms with E-state index in [0.717, 1.165) is 26.3 Å². The van der Waals surface area contributed by atoms with Crippen LogP contribution in [0.5, 0.6) is 0 Å². The summed E-state index contributed by atoms with van der Waals surface area (Å²) in [7, 11) is 0. The number of rotatable bonds is 4. The summed E-state index contributed by atoms with van der Waals surface area (Å²) in [5, 5.41) is 7.23. The van der Waals surface area contributed by atoms with Crippen molar-refractivity contribution in [1.82, 2.24) is 10.6 Å². The highest BCUT2D eigenvalue weighted by atomic mass is 16.5. The van der Waals surface area contributed by atoms with Gasteiger partial charge < -0.3 is 15.4 Å². The van der Waals surface area contributed by atoms with E-state index in [-0.39, 0.29) is 0 Å². The second-order valence-corrected chi connectivity index (χ2v) is 5.70. The third-order valence-corrected chi connectivity index (χ3v) is 4.05. The van der Waals surface area contributed by atoms with Crippen molar-refractivity contribution in [3.05, 3.63) is 0 Å². The van der Waals surface area contributed by atoms with Crippen molar-refractivity contribution in [3.63, 3.8) is 0 Å². The molecule has 0 aromatic carbocycles. The molecule has 0 saturated carbocycles. The van der Waals surface area contributed by atoms with Gasteiger partial charge in [0.15, 0.2) is 0 Å². The van der Waals surface area contributed by atoms with Crippen molar-refractivity contribution >= 4 is 0 Å². The van der Waals surface area contributed by atoms with Gasteiger partial charge in [-0.25, -0.2) is 0 Å². The van der Waals surface area contributed by atoms with E-state index < -0.39 is 0 Å². The fraction of sp³-hybridized carbons (Fsp3) is 1.00. The summed E-state index contributed by atoms with van der Waals surface area (Å²) < 4.78 is 5.42. The molecule has 2 rings (SSSR count). The third-order valence-electron chi connectivity index (χ3n) is 4.05. The first-order chi connectivity index (χ1) is 7.79. The normalized spacial score (nSPS) is 30.2. The molecule has 2 heterocycles. The zero-order valence-electron chi connectivity index (χ0n) is 10.6. The highest BCUT2D eigenvalue weighted by Crippen LogP contribution is 2.28. The van der Waals surface area contributed by atoms with Gasteiger partial charge in [0.05, 0.1) is 0 Å². The van der Waals surface area contributed by atoms with Crippen LogP contribution in [0.25, 0.3) is 0 Å². The van der Waals surface area contributed by atoms with E-state index in [4.69, 9.17) is 4.74 Å². The number of hydrogen-bond acceptors (Lipinski definition) is 3. The van der Waals surface area contributed by atoms with Crippen LogP contribution in [0.1, 0.15) is 39.0 Å². The maximum Gasteiger partial charge on any atom is 0.0471 e. The van der Waals surface area contributed by atoms with E-state index in [2.05, 4.69) is 17.6 Å². The molecule has 0 aliphatic carbocycles. The van der Waals surface area contributed by atoms with Gasteiger partial charge in [0.1, 0.15) is 0 Å². The third kappa shape index (κ3) is 3.72. The van der Waals surface area contributed by atoms with E-state index in [0.29, 0.717) is 11.5 Å². The maximum atomic E-state index is 5.42. The Balaban J connectivity index is 1.62. The summed E-state index contributed by atoms with van der Waals surface area (Å²) in [4.78, 5) is 0. The van der Waals surface area contributed by atoms with Crippen LogP contribution in [0.4, 0.5) is 0 Å². The first-order valence-electron chi connectivity index (χ1n) is 6.80. The summed E-state index contributed by atoms with van der Waals surface area (Å²) in [5.41, 5.74) is 0.465. The van der Waals surface area contributed by atoms with Crippen LogP contribution in [-0.4, -0.2) is 38.9 Å². The SMILES string of the molecule is CC1(CNCC2CCCCN2)CCOCC1. The average molecular weight is 226 g/mol. The van der Waals surface area contributed by atoms with Gasteiger partial charge in [-0.15, -0.1) is 0 Å². The summed E-state index contributed by atoms with van der Waals surface area (Å²) >= 11 is 0. The minimum atomic E-state index is 0.465. The molecular weight excluding hydrogens is 200 g/mol. The van der Waals surface area contributed by atoms with Gasteiger partial charge in [0, 0.05) is 32.3 Å². The quantitative estimate of drug-likeness (QED) is 0.763. The first kappa shape index (κ1) is 12.3. The first-order valence-corrected chi connectivity index (χ1v) is 6.80. The molecule has 16 heavy (non-hydrogen) atoms. The number of ether oxygens (including phenoxy) is 1. The average Bonchev–Trinajstić information content (AvgIpc) is 2.31. The molecule has 3 heteroatoms. The molecule has 1 atom stereocenters. The molecule has 2 aliphatic heterocycles. The fourth-order valence-corrected chi connectivity index (χ4v) is 2.69. The molecule has 0 bridgehead atoms. The highest BCUT2D eigenvalue weighted by Gasteiger charge is 2.27. The van der Waals surface area contributed by atoms with Crippen LogP contribution in [0.3, 0.4) is 0 Å². The molecule has 2 saturated heterocycles. The van der Waals surface area contributed by atoms with Crippen molar-refractivity contribution < 1.29 is 4.74 Å². The maximum absolute atomic E-state index is 5.42. The van der Waals surface area contributed by atoms with Crippen LogP contribution in [0.2, 0.25) is 0 Å². The Morgan fingerprint density at radius 1 is 1.31 bits per heavy atom. The number of piperidine rings is 1. The van der Waals surface area contributed by atoms with Crippen LogP contribution < -0.4 is 10.6 Å². The Bertz CT molecular complexity index is 196. The minimum absolute atomic E-state index is 0.465. The predicted molar refractivity (Wildman–Crippen MR) is 66.7 cm³/mol. The fourth-order valence-electron chi connectivity index (χ4n) is 2.69. The molecule has 0 aromatic heterocycles. The summed E-state index contributed by atoms with van der Waals surface area (Å²) in [6.07, 6.45) is 6.50. The van der Waals surface area contributed by atoms with E-state index >= 15 is 0 Å². The largest absolute Gasteiger partial charge is 0.381 e. The van der Waals surface area contributed by atoms with Gasteiger partial charge >= 0.3 is 0 Å². The second-order valence-electron chi connectivity index (χ2n) is 5.70. The standard InChI is InChI=1S/C13H26N2O/c1-13(5-8-16-9-6-13)11-14-10-12-4-2-3-7-15-12/h12,14-15H,2-11H2,1H3. The molecule has 1 unspecified atom stereocenters. The van der Waals surface area contributed by atoms with Gasteiger partial charge in [0.25, 0.3) is 0 Å². The summed E-state index contributed by atoms with van der Waals surface area (Å²) in [5.74, 6) is 0. The summed E-state index contributed by atoms with van der Waals surface area (Å²) in [6.45, 7) is 7.76. The lowest BCUT2D eigenvalue weighted by Crippen LogP contribution is -2.45. The molecular formula is C13H26N2O. The van der Waals surface area contributed by atoms with Gasteiger partial charge in [-0.3, -0.25) is 0 Å². The van der Waals surface area contributed by atoms with E-state index in [1.165, 1.54) is 38.6 Å². The van der Waals surface area contributed by atoms with E-state index in [1.54, 1.807) is 0 Å². The van der Waals surface area contributed by atoms with Crippen molar-refractivity contribution in [2.75, 3.05) is 32.8 Å². The monoisotopic (exact) mass is 226 g/mol. The second kappa shape index (κ2) is 5.99. The van der Waals surface area contributed by atoms with Gasteiger partial charge in [0.2, 0.25) is 0 Å². The molecule has 0 aromatic rings. The van der Waals surface area contributed by atoms with Crippen LogP contribution in [0.15, 0.2) is 0 Å². The van der Waals surface area contributed by atoms with E-state index in [9.17, 15) is 0 Å². The van der Waals surface area contributed by atoms with Crippen molar-refractivity contribution in [3.8, 4) is 0 Å². The zero-order valence-corrected chi connectivity index (χ0v) is 10.6. The minimum Gasteiger partial charge on any atom is -0.381 e. The molecule has 3 nitrogen and oxygen atoms in total. The molecule has 94 valence electrons. The van der Waals surface area contributed by atoms with Crippen molar-refractivity contribution in [2.24, 2.45) is 5.41 Å². The predicted octanol–water partition coefficient (Wildman–Crippen LogP) is 1.53. The molecule has 0 radical (unpaired) electrons. The van der Waals surface area contributed by atoms with Crippen molar-refractivity contribution in [1.29, 1.82) is 0 Å². The highest BCUT2D eigenvalue weighted by molar-refractivity contribution is 4.81.